The normalized spacial score (nSPS) is 12.3. The maximum atomic E-state index is 13.0. The summed E-state index contributed by atoms with van der Waals surface area (Å²) in [5, 5.41) is 1.05. The Morgan fingerprint density at radius 2 is 1.90 bits per heavy atom. The summed E-state index contributed by atoms with van der Waals surface area (Å²) in [5.41, 5.74) is 7.48. The van der Waals surface area contributed by atoms with Gasteiger partial charge in [0.1, 0.15) is 17.7 Å². The fourth-order valence-electron chi connectivity index (χ4n) is 2.21. The Labute approximate surface area is 122 Å². The summed E-state index contributed by atoms with van der Waals surface area (Å²) in [5.74, 6) is 0.422. The first-order valence-corrected chi connectivity index (χ1v) is 6.73. The number of ether oxygens (including phenoxy) is 1. The zero-order valence-corrected chi connectivity index (χ0v) is 11.4. The van der Waals surface area contributed by atoms with Crippen molar-refractivity contribution in [1.29, 1.82) is 0 Å². The molecule has 0 fully saturated rings. The van der Waals surface area contributed by atoms with Gasteiger partial charge in [0, 0.05) is 24.2 Å². The van der Waals surface area contributed by atoms with E-state index in [0.29, 0.717) is 12.3 Å². The third kappa shape index (κ3) is 3.01. The number of nitrogens with zero attached hydrogens (tertiary/aromatic N) is 1. The van der Waals surface area contributed by atoms with Crippen LogP contribution in [-0.2, 0) is 0 Å². The van der Waals surface area contributed by atoms with E-state index >= 15 is 0 Å². The minimum absolute atomic E-state index is 0.274. The van der Waals surface area contributed by atoms with Crippen molar-refractivity contribution in [3.8, 4) is 5.75 Å². The van der Waals surface area contributed by atoms with Crippen molar-refractivity contribution in [2.45, 2.75) is 6.10 Å². The molecule has 2 aromatic carbocycles. The Morgan fingerprint density at radius 3 is 2.67 bits per heavy atom. The molecule has 0 aliphatic rings. The summed E-state index contributed by atoms with van der Waals surface area (Å²) < 4.78 is 18.9. The number of aromatic nitrogens is 1. The van der Waals surface area contributed by atoms with Crippen LogP contribution in [0.25, 0.3) is 10.9 Å². The molecule has 0 spiro atoms. The maximum absolute atomic E-state index is 13.0. The van der Waals surface area contributed by atoms with Crippen LogP contribution >= 0.6 is 0 Å². The molecule has 106 valence electrons. The highest BCUT2D eigenvalue weighted by molar-refractivity contribution is 5.79. The van der Waals surface area contributed by atoms with E-state index in [2.05, 4.69) is 4.98 Å². The molecule has 1 unspecified atom stereocenters. The minimum Gasteiger partial charge on any atom is -0.484 e. The second-order valence-corrected chi connectivity index (χ2v) is 4.75. The summed E-state index contributed by atoms with van der Waals surface area (Å²) in [6.07, 6.45) is 1.43. The zero-order valence-electron chi connectivity index (χ0n) is 11.4. The molecular weight excluding hydrogens is 267 g/mol. The average Bonchev–Trinajstić information content (AvgIpc) is 2.53. The first-order valence-electron chi connectivity index (χ1n) is 6.73. The number of halogens is 1. The molecule has 4 heteroatoms. The van der Waals surface area contributed by atoms with Crippen molar-refractivity contribution in [2.75, 3.05) is 6.54 Å². The molecule has 1 heterocycles. The largest absolute Gasteiger partial charge is 0.484 e. The maximum Gasteiger partial charge on any atom is 0.136 e. The van der Waals surface area contributed by atoms with Gasteiger partial charge in [-0.1, -0.05) is 18.2 Å². The third-order valence-corrected chi connectivity index (χ3v) is 3.31. The van der Waals surface area contributed by atoms with E-state index < -0.39 is 0 Å². The van der Waals surface area contributed by atoms with Crippen molar-refractivity contribution < 1.29 is 9.13 Å². The average molecular weight is 282 g/mol. The molecule has 2 N–H and O–H groups in total. The number of pyridine rings is 1. The van der Waals surface area contributed by atoms with Gasteiger partial charge < -0.3 is 10.5 Å². The molecule has 3 rings (SSSR count). The van der Waals surface area contributed by atoms with Gasteiger partial charge in [-0.3, -0.25) is 4.98 Å². The molecule has 0 aliphatic heterocycles. The van der Waals surface area contributed by atoms with Crippen LogP contribution in [0.1, 0.15) is 11.7 Å². The molecule has 3 aromatic rings. The van der Waals surface area contributed by atoms with E-state index in [9.17, 15) is 4.39 Å². The summed E-state index contributed by atoms with van der Waals surface area (Å²) in [6, 6.07) is 15.8. The molecule has 0 amide bonds. The van der Waals surface area contributed by atoms with Crippen LogP contribution in [-0.4, -0.2) is 11.5 Å². The van der Waals surface area contributed by atoms with Crippen molar-refractivity contribution in [1.82, 2.24) is 4.98 Å². The predicted octanol–water partition coefficient (Wildman–Crippen LogP) is 3.45. The number of nitrogens with two attached hydrogens (primary N) is 1. The van der Waals surface area contributed by atoms with Crippen LogP contribution < -0.4 is 10.5 Å². The molecular formula is C17H15FN2O. The predicted molar refractivity (Wildman–Crippen MR) is 80.6 cm³/mol. The van der Waals surface area contributed by atoms with Gasteiger partial charge in [0.25, 0.3) is 0 Å². The molecule has 0 saturated carbocycles. The highest BCUT2D eigenvalue weighted by Gasteiger charge is 2.12. The molecule has 1 aromatic heterocycles. The van der Waals surface area contributed by atoms with E-state index in [-0.39, 0.29) is 11.9 Å². The molecule has 21 heavy (non-hydrogen) atoms. The number of rotatable bonds is 4. The van der Waals surface area contributed by atoms with Gasteiger partial charge in [-0.05, 0) is 35.9 Å². The minimum atomic E-state index is -0.313. The SMILES string of the molecule is NCC(Oc1ccc2cccnc2c1)c1ccc(F)cc1. The van der Waals surface area contributed by atoms with Gasteiger partial charge in [-0.25, -0.2) is 4.39 Å². The van der Waals surface area contributed by atoms with E-state index in [1.165, 1.54) is 12.1 Å². The van der Waals surface area contributed by atoms with Crippen LogP contribution in [0, 0.1) is 5.82 Å². The molecule has 3 nitrogen and oxygen atoms in total. The lowest BCUT2D eigenvalue weighted by Gasteiger charge is -2.18. The lowest BCUT2D eigenvalue weighted by Crippen LogP contribution is -2.18. The Kier molecular flexibility index (Phi) is 3.79. The lowest BCUT2D eigenvalue weighted by molar-refractivity contribution is 0.214. The standard InChI is InChI=1S/C17H15FN2O/c18-14-6-3-13(4-7-14)17(11-19)21-15-8-5-12-2-1-9-20-16(12)10-15/h1-10,17H,11,19H2. The number of fused-ring (bicyclic) bond motifs is 1. The lowest BCUT2D eigenvalue weighted by atomic mass is 10.1. The second-order valence-electron chi connectivity index (χ2n) is 4.75. The molecule has 0 radical (unpaired) electrons. The zero-order chi connectivity index (χ0) is 14.7. The number of benzene rings is 2. The highest BCUT2D eigenvalue weighted by atomic mass is 19.1. The molecule has 0 saturated heterocycles. The first kappa shape index (κ1) is 13.5. The number of hydrogen-bond acceptors (Lipinski definition) is 3. The van der Waals surface area contributed by atoms with E-state index in [1.807, 2.05) is 30.3 Å². The van der Waals surface area contributed by atoms with Gasteiger partial charge in [0.05, 0.1) is 5.52 Å². The topological polar surface area (TPSA) is 48.1 Å². The quantitative estimate of drug-likeness (QED) is 0.797. The van der Waals surface area contributed by atoms with Crippen LogP contribution in [0.2, 0.25) is 0 Å². The van der Waals surface area contributed by atoms with Gasteiger partial charge in [-0.2, -0.15) is 0 Å². The van der Waals surface area contributed by atoms with Crippen molar-refractivity contribution >= 4 is 10.9 Å². The molecule has 0 aliphatic carbocycles. The Bertz CT molecular complexity index is 743. The summed E-state index contributed by atoms with van der Waals surface area (Å²) in [6.45, 7) is 0.311. The van der Waals surface area contributed by atoms with Crippen molar-refractivity contribution in [2.24, 2.45) is 5.73 Å². The number of hydrogen-bond donors (Lipinski definition) is 1. The van der Waals surface area contributed by atoms with Crippen molar-refractivity contribution in [3.05, 3.63) is 72.2 Å². The van der Waals surface area contributed by atoms with Crippen molar-refractivity contribution in [3.63, 3.8) is 0 Å². The monoisotopic (exact) mass is 282 g/mol. The summed E-state index contributed by atoms with van der Waals surface area (Å²) >= 11 is 0. The van der Waals surface area contributed by atoms with Crippen LogP contribution in [0.5, 0.6) is 5.75 Å². The van der Waals surface area contributed by atoms with Gasteiger partial charge in [-0.15, -0.1) is 0 Å². The molecule has 1 atom stereocenters. The van der Waals surface area contributed by atoms with Crippen LogP contribution in [0.3, 0.4) is 0 Å². The molecule has 0 bridgehead atoms. The van der Waals surface area contributed by atoms with E-state index in [1.54, 1.807) is 18.3 Å². The second kappa shape index (κ2) is 5.89. The van der Waals surface area contributed by atoms with E-state index in [0.717, 1.165) is 16.5 Å². The third-order valence-electron chi connectivity index (χ3n) is 3.31. The van der Waals surface area contributed by atoms with Gasteiger partial charge >= 0.3 is 0 Å². The summed E-state index contributed by atoms with van der Waals surface area (Å²) in [7, 11) is 0. The van der Waals surface area contributed by atoms with Crippen LogP contribution in [0.4, 0.5) is 4.39 Å². The smallest absolute Gasteiger partial charge is 0.136 e. The Morgan fingerprint density at radius 1 is 1.10 bits per heavy atom. The Balaban J connectivity index is 1.86. The summed E-state index contributed by atoms with van der Waals surface area (Å²) in [4.78, 5) is 4.30. The first-order chi connectivity index (χ1) is 10.3. The highest BCUT2D eigenvalue weighted by Crippen LogP contribution is 2.24. The Hall–Kier alpha value is -2.46. The van der Waals surface area contributed by atoms with Crippen LogP contribution in [0.15, 0.2) is 60.8 Å². The van der Waals surface area contributed by atoms with Gasteiger partial charge in [0.2, 0.25) is 0 Å². The fourth-order valence-corrected chi connectivity index (χ4v) is 2.21. The van der Waals surface area contributed by atoms with Gasteiger partial charge in [0.15, 0.2) is 0 Å². The fraction of sp³-hybridized carbons (Fsp3) is 0.118. The van der Waals surface area contributed by atoms with E-state index in [4.69, 9.17) is 10.5 Å².